The first-order chi connectivity index (χ1) is 10.0. The van der Waals surface area contributed by atoms with Gasteiger partial charge in [0.25, 0.3) is 5.89 Å². The van der Waals surface area contributed by atoms with Gasteiger partial charge in [0.1, 0.15) is 5.69 Å². The normalized spacial score (nSPS) is 10.8. The van der Waals surface area contributed by atoms with E-state index in [1.165, 1.54) is 0 Å². The summed E-state index contributed by atoms with van der Waals surface area (Å²) >= 11 is 6.79. The van der Waals surface area contributed by atoms with Gasteiger partial charge in [-0.1, -0.05) is 16.8 Å². The van der Waals surface area contributed by atoms with Crippen LogP contribution in [0, 0.1) is 6.92 Å². The number of nitrogen functional groups attached to an aromatic ring is 1. The van der Waals surface area contributed by atoms with Crippen molar-refractivity contribution < 1.29 is 4.52 Å². The maximum absolute atomic E-state index is 5.96. The summed E-state index contributed by atoms with van der Waals surface area (Å²) in [5.41, 5.74) is 8.96. The van der Waals surface area contributed by atoms with Gasteiger partial charge >= 0.3 is 0 Å². The molecule has 5 nitrogen and oxygen atoms in total. The van der Waals surface area contributed by atoms with Crippen LogP contribution in [0.25, 0.3) is 23.0 Å². The minimum absolute atomic E-state index is 0.378. The average molecular weight is 410 g/mol. The summed E-state index contributed by atoms with van der Waals surface area (Å²) in [5.74, 6) is 0.785. The molecule has 0 fully saturated rings. The molecule has 0 aliphatic rings. The van der Waals surface area contributed by atoms with Gasteiger partial charge in [-0.25, -0.2) is 0 Å². The van der Waals surface area contributed by atoms with Gasteiger partial charge in [0, 0.05) is 20.8 Å². The molecule has 2 heterocycles. The van der Waals surface area contributed by atoms with Crippen LogP contribution >= 0.6 is 31.9 Å². The second-order valence-corrected chi connectivity index (χ2v) is 6.27. The Kier molecular flexibility index (Phi) is 3.77. The predicted molar refractivity (Wildman–Crippen MR) is 87.5 cm³/mol. The second-order valence-electron chi connectivity index (χ2n) is 4.50. The summed E-state index contributed by atoms with van der Waals surface area (Å²) in [5, 5.41) is 3.97. The van der Waals surface area contributed by atoms with Crippen LogP contribution in [0.15, 0.2) is 43.9 Å². The van der Waals surface area contributed by atoms with Crippen molar-refractivity contribution >= 4 is 37.5 Å². The van der Waals surface area contributed by atoms with Crippen LogP contribution < -0.4 is 5.73 Å². The summed E-state index contributed by atoms with van der Waals surface area (Å²) < 4.78 is 6.96. The molecule has 7 heteroatoms. The van der Waals surface area contributed by atoms with E-state index >= 15 is 0 Å². The number of aryl methyl sites for hydroxylation is 1. The van der Waals surface area contributed by atoms with Gasteiger partial charge in [0.15, 0.2) is 0 Å². The quantitative estimate of drug-likeness (QED) is 0.641. The molecule has 0 radical (unpaired) electrons. The highest BCUT2D eigenvalue weighted by molar-refractivity contribution is 9.11. The first-order valence-electron chi connectivity index (χ1n) is 6.06. The third-order valence-corrected chi connectivity index (χ3v) is 3.92. The highest BCUT2D eigenvalue weighted by Gasteiger charge is 2.16. The SMILES string of the molecule is Cc1ccc(N)c(-c2nc(-c3ncc(Br)cc3Br)no2)c1. The number of halogens is 2. The zero-order valence-corrected chi connectivity index (χ0v) is 14.1. The Hall–Kier alpha value is -1.73. The Morgan fingerprint density at radius 1 is 1.19 bits per heavy atom. The number of hydrogen-bond donors (Lipinski definition) is 1. The lowest BCUT2D eigenvalue weighted by atomic mass is 10.1. The third kappa shape index (κ3) is 2.84. The minimum atomic E-state index is 0.378. The lowest BCUT2D eigenvalue weighted by Crippen LogP contribution is -1.91. The van der Waals surface area contributed by atoms with Gasteiger partial charge in [-0.05, 0) is 57.0 Å². The number of rotatable bonds is 2. The number of anilines is 1. The summed E-state index contributed by atoms with van der Waals surface area (Å²) in [4.78, 5) is 8.66. The van der Waals surface area contributed by atoms with Gasteiger partial charge < -0.3 is 10.3 Å². The molecule has 0 bridgehead atoms. The lowest BCUT2D eigenvalue weighted by molar-refractivity contribution is 0.432. The van der Waals surface area contributed by atoms with Crippen molar-refractivity contribution in [2.24, 2.45) is 0 Å². The lowest BCUT2D eigenvalue weighted by Gasteiger charge is -2.01. The topological polar surface area (TPSA) is 77.8 Å². The summed E-state index contributed by atoms with van der Waals surface area (Å²) in [6.07, 6.45) is 1.68. The van der Waals surface area contributed by atoms with Gasteiger partial charge in [-0.2, -0.15) is 4.98 Å². The van der Waals surface area contributed by atoms with Crippen molar-refractivity contribution in [3.8, 4) is 23.0 Å². The molecule has 0 unspecified atom stereocenters. The fraction of sp³-hybridized carbons (Fsp3) is 0.0714. The molecular weight excluding hydrogens is 400 g/mol. The van der Waals surface area contributed by atoms with E-state index in [4.69, 9.17) is 10.3 Å². The predicted octanol–water partition coefficient (Wildman–Crippen LogP) is 4.21. The van der Waals surface area contributed by atoms with E-state index < -0.39 is 0 Å². The summed E-state index contributed by atoms with van der Waals surface area (Å²) in [6, 6.07) is 7.54. The van der Waals surface area contributed by atoms with Crippen LogP contribution in [0.4, 0.5) is 5.69 Å². The van der Waals surface area contributed by atoms with E-state index in [-0.39, 0.29) is 0 Å². The smallest absolute Gasteiger partial charge is 0.260 e. The summed E-state index contributed by atoms with van der Waals surface area (Å²) in [7, 11) is 0. The van der Waals surface area contributed by atoms with Crippen molar-refractivity contribution in [1.82, 2.24) is 15.1 Å². The Balaban J connectivity index is 2.06. The Labute approximate surface area is 137 Å². The summed E-state index contributed by atoms with van der Waals surface area (Å²) in [6.45, 7) is 1.98. The molecule has 3 rings (SSSR count). The molecule has 0 spiro atoms. The van der Waals surface area contributed by atoms with Crippen LogP contribution in [0.5, 0.6) is 0 Å². The van der Waals surface area contributed by atoms with E-state index in [9.17, 15) is 0 Å². The highest BCUT2D eigenvalue weighted by atomic mass is 79.9. The maximum Gasteiger partial charge on any atom is 0.260 e. The van der Waals surface area contributed by atoms with Crippen molar-refractivity contribution in [3.05, 3.63) is 45.0 Å². The number of aromatic nitrogens is 3. The molecular formula is C14H10Br2N4O. The molecule has 1 aromatic carbocycles. The minimum Gasteiger partial charge on any atom is -0.398 e. The Morgan fingerprint density at radius 2 is 2.00 bits per heavy atom. The van der Waals surface area contributed by atoms with Crippen LogP contribution in [0.3, 0.4) is 0 Å². The molecule has 21 heavy (non-hydrogen) atoms. The molecule has 106 valence electrons. The Morgan fingerprint density at radius 3 is 2.76 bits per heavy atom. The number of benzene rings is 1. The maximum atomic E-state index is 5.96. The molecule has 2 aromatic heterocycles. The van der Waals surface area contributed by atoms with Gasteiger partial charge in [0.2, 0.25) is 5.82 Å². The van der Waals surface area contributed by atoms with Crippen LogP contribution in [-0.4, -0.2) is 15.1 Å². The highest BCUT2D eigenvalue weighted by Crippen LogP contribution is 2.30. The first-order valence-corrected chi connectivity index (χ1v) is 7.65. The molecule has 3 aromatic rings. The van der Waals surface area contributed by atoms with Crippen molar-refractivity contribution in [2.45, 2.75) is 6.92 Å². The van der Waals surface area contributed by atoms with E-state index in [1.807, 2.05) is 31.2 Å². The van der Waals surface area contributed by atoms with E-state index in [0.29, 0.717) is 23.1 Å². The second kappa shape index (κ2) is 5.57. The van der Waals surface area contributed by atoms with E-state index in [0.717, 1.165) is 20.1 Å². The fourth-order valence-electron chi connectivity index (χ4n) is 1.86. The average Bonchev–Trinajstić information content (AvgIpc) is 2.91. The van der Waals surface area contributed by atoms with Crippen LogP contribution in [0.2, 0.25) is 0 Å². The number of nitrogens with two attached hydrogens (primary N) is 1. The molecule has 0 atom stereocenters. The number of pyridine rings is 1. The standard InChI is InChI=1S/C14H10Br2N4O/c1-7-2-3-11(17)9(4-7)14-19-13(20-21-14)12-10(16)5-8(15)6-18-12/h2-6H,17H2,1H3. The molecule has 2 N–H and O–H groups in total. The first kappa shape index (κ1) is 14.2. The molecule has 0 aliphatic heterocycles. The monoisotopic (exact) mass is 408 g/mol. The Bertz CT molecular complexity index is 816. The van der Waals surface area contributed by atoms with Gasteiger partial charge in [-0.3, -0.25) is 4.98 Å². The van der Waals surface area contributed by atoms with Crippen molar-refractivity contribution in [3.63, 3.8) is 0 Å². The zero-order valence-electron chi connectivity index (χ0n) is 11.0. The largest absolute Gasteiger partial charge is 0.398 e. The van der Waals surface area contributed by atoms with Crippen LogP contribution in [0.1, 0.15) is 5.56 Å². The number of nitrogens with zero attached hydrogens (tertiary/aromatic N) is 3. The van der Waals surface area contributed by atoms with Gasteiger partial charge in [0.05, 0.1) is 5.56 Å². The molecule has 0 saturated heterocycles. The molecule has 0 aliphatic carbocycles. The van der Waals surface area contributed by atoms with E-state index in [2.05, 4.69) is 47.0 Å². The van der Waals surface area contributed by atoms with Crippen molar-refractivity contribution in [2.75, 3.05) is 5.73 Å². The fourth-order valence-corrected chi connectivity index (χ4v) is 3.03. The third-order valence-electron chi connectivity index (χ3n) is 2.88. The van der Waals surface area contributed by atoms with Crippen LogP contribution in [-0.2, 0) is 0 Å². The van der Waals surface area contributed by atoms with Crippen molar-refractivity contribution in [1.29, 1.82) is 0 Å². The molecule has 0 saturated carbocycles. The van der Waals surface area contributed by atoms with E-state index in [1.54, 1.807) is 6.20 Å². The molecule has 0 amide bonds. The van der Waals surface area contributed by atoms with Gasteiger partial charge in [-0.15, -0.1) is 0 Å². The zero-order chi connectivity index (χ0) is 15.0. The number of hydrogen-bond acceptors (Lipinski definition) is 5.